The van der Waals surface area contributed by atoms with E-state index in [9.17, 15) is 4.79 Å². The Morgan fingerprint density at radius 2 is 2.29 bits per heavy atom. The molecule has 0 radical (unpaired) electrons. The lowest BCUT2D eigenvalue weighted by Gasteiger charge is -2.08. The van der Waals surface area contributed by atoms with Gasteiger partial charge in [-0.3, -0.25) is 9.48 Å². The summed E-state index contributed by atoms with van der Waals surface area (Å²) in [6.07, 6.45) is 5.40. The first-order chi connectivity index (χ1) is 10.2. The van der Waals surface area contributed by atoms with Gasteiger partial charge in [-0.1, -0.05) is 25.5 Å². The number of aryl methyl sites for hydroxylation is 1. The van der Waals surface area contributed by atoms with Gasteiger partial charge in [0.05, 0.1) is 18.4 Å². The average molecular weight is 287 g/mol. The summed E-state index contributed by atoms with van der Waals surface area (Å²) in [5, 5.41) is 6.86. The van der Waals surface area contributed by atoms with Crippen LogP contribution in [0.2, 0.25) is 0 Å². The van der Waals surface area contributed by atoms with Crippen LogP contribution in [0.3, 0.4) is 0 Å². The molecule has 1 aromatic carbocycles. The van der Waals surface area contributed by atoms with E-state index >= 15 is 0 Å². The first-order valence-corrected chi connectivity index (χ1v) is 7.17. The van der Waals surface area contributed by atoms with Gasteiger partial charge in [-0.05, 0) is 24.1 Å². The topological polar surface area (TPSA) is 56.1 Å². The fourth-order valence-corrected chi connectivity index (χ4v) is 1.90. The maximum atomic E-state index is 11.9. The van der Waals surface area contributed by atoms with Gasteiger partial charge in [-0.2, -0.15) is 5.10 Å². The highest BCUT2D eigenvalue weighted by molar-refractivity contribution is 5.93. The maximum absolute atomic E-state index is 11.9. The van der Waals surface area contributed by atoms with Crippen molar-refractivity contribution < 1.29 is 9.53 Å². The average Bonchev–Trinajstić information content (AvgIpc) is 2.92. The molecule has 0 bridgehead atoms. The molecule has 1 heterocycles. The molecule has 2 rings (SSSR count). The first kappa shape index (κ1) is 15.1. The van der Waals surface area contributed by atoms with Gasteiger partial charge < -0.3 is 10.1 Å². The molecule has 0 aliphatic heterocycles. The van der Waals surface area contributed by atoms with Crippen molar-refractivity contribution in [2.24, 2.45) is 7.05 Å². The standard InChI is InChI=1S/C16H21N3O2/c1-3-4-8-21-15-7-5-6-13(9-15)10-17-16(20)14-11-18-19(2)12-14/h5-7,9,11-12H,3-4,8,10H2,1-2H3,(H,17,20). The van der Waals surface area contributed by atoms with Crippen molar-refractivity contribution in [3.05, 3.63) is 47.8 Å². The van der Waals surface area contributed by atoms with Gasteiger partial charge in [0.1, 0.15) is 5.75 Å². The van der Waals surface area contributed by atoms with Gasteiger partial charge in [0.2, 0.25) is 0 Å². The second kappa shape index (κ2) is 7.47. The molecular weight excluding hydrogens is 266 g/mol. The number of rotatable bonds is 7. The van der Waals surface area contributed by atoms with E-state index in [-0.39, 0.29) is 5.91 Å². The third kappa shape index (κ3) is 4.63. The zero-order valence-corrected chi connectivity index (χ0v) is 12.5. The van der Waals surface area contributed by atoms with E-state index in [1.54, 1.807) is 24.1 Å². The first-order valence-electron chi connectivity index (χ1n) is 7.17. The van der Waals surface area contributed by atoms with Crippen LogP contribution in [-0.4, -0.2) is 22.3 Å². The molecule has 0 spiro atoms. The van der Waals surface area contributed by atoms with Crippen molar-refractivity contribution in [1.29, 1.82) is 0 Å². The van der Waals surface area contributed by atoms with Crippen LogP contribution in [0.1, 0.15) is 35.7 Å². The van der Waals surface area contributed by atoms with Crippen LogP contribution < -0.4 is 10.1 Å². The molecular formula is C16H21N3O2. The minimum atomic E-state index is -0.125. The fraction of sp³-hybridized carbons (Fsp3) is 0.375. The number of unbranched alkanes of at least 4 members (excludes halogenated alkanes) is 1. The quantitative estimate of drug-likeness (QED) is 0.796. The predicted octanol–water partition coefficient (Wildman–Crippen LogP) is 2.53. The molecule has 0 saturated heterocycles. The van der Waals surface area contributed by atoms with Crippen molar-refractivity contribution in [3.63, 3.8) is 0 Å². The summed E-state index contributed by atoms with van der Waals surface area (Å²) in [5.74, 6) is 0.719. The third-order valence-corrected chi connectivity index (χ3v) is 3.09. The molecule has 0 unspecified atom stereocenters. The highest BCUT2D eigenvalue weighted by atomic mass is 16.5. The lowest BCUT2D eigenvalue weighted by molar-refractivity contribution is 0.0951. The van der Waals surface area contributed by atoms with Crippen LogP contribution in [0.4, 0.5) is 0 Å². The van der Waals surface area contributed by atoms with Crippen LogP contribution >= 0.6 is 0 Å². The second-order valence-corrected chi connectivity index (χ2v) is 4.93. The maximum Gasteiger partial charge on any atom is 0.254 e. The Balaban J connectivity index is 1.88. The number of benzene rings is 1. The van der Waals surface area contributed by atoms with Crippen molar-refractivity contribution in [2.45, 2.75) is 26.3 Å². The predicted molar refractivity (Wildman–Crippen MR) is 81.2 cm³/mol. The Morgan fingerprint density at radius 1 is 1.43 bits per heavy atom. The molecule has 1 N–H and O–H groups in total. The van der Waals surface area contributed by atoms with Gasteiger partial charge in [0.25, 0.3) is 5.91 Å². The van der Waals surface area contributed by atoms with E-state index in [1.807, 2.05) is 24.3 Å². The molecule has 0 aliphatic carbocycles. The number of nitrogens with zero attached hydrogens (tertiary/aromatic N) is 2. The summed E-state index contributed by atoms with van der Waals surface area (Å²) in [6.45, 7) is 3.33. The summed E-state index contributed by atoms with van der Waals surface area (Å²) in [4.78, 5) is 11.9. The number of hydrogen-bond donors (Lipinski definition) is 1. The van der Waals surface area contributed by atoms with Gasteiger partial charge in [-0.25, -0.2) is 0 Å². The highest BCUT2D eigenvalue weighted by Gasteiger charge is 2.07. The Labute approximate surface area is 124 Å². The molecule has 0 saturated carbocycles. The van der Waals surface area contributed by atoms with Crippen molar-refractivity contribution in [2.75, 3.05) is 6.61 Å². The molecule has 2 aromatic rings. The van der Waals surface area contributed by atoms with Crippen molar-refractivity contribution in [1.82, 2.24) is 15.1 Å². The SMILES string of the molecule is CCCCOc1cccc(CNC(=O)c2cnn(C)c2)c1. The number of aromatic nitrogens is 2. The zero-order chi connectivity index (χ0) is 15.1. The van der Waals surface area contributed by atoms with Crippen LogP contribution in [-0.2, 0) is 13.6 Å². The monoisotopic (exact) mass is 287 g/mol. The Bertz CT molecular complexity index is 593. The summed E-state index contributed by atoms with van der Waals surface area (Å²) in [6, 6.07) is 7.80. The number of hydrogen-bond acceptors (Lipinski definition) is 3. The van der Waals surface area contributed by atoms with Crippen molar-refractivity contribution >= 4 is 5.91 Å². The molecule has 5 nitrogen and oxygen atoms in total. The van der Waals surface area contributed by atoms with Crippen molar-refractivity contribution in [3.8, 4) is 5.75 Å². The van der Waals surface area contributed by atoms with E-state index in [4.69, 9.17) is 4.74 Å². The normalized spacial score (nSPS) is 10.4. The van der Waals surface area contributed by atoms with E-state index in [0.29, 0.717) is 12.1 Å². The Morgan fingerprint density at radius 3 is 3.00 bits per heavy atom. The number of ether oxygens (including phenoxy) is 1. The smallest absolute Gasteiger partial charge is 0.254 e. The summed E-state index contributed by atoms with van der Waals surface area (Å²) < 4.78 is 7.26. The number of amides is 1. The van der Waals surface area contributed by atoms with Crippen LogP contribution in [0.25, 0.3) is 0 Å². The Hall–Kier alpha value is -2.30. The lowest BCUT2D eigenvalue weighted by atomic mass is 10.2. The summed E-state index contributed by atoms with van der Waals surface area (Å²) in [7, 11) is 1.79. The second-order valence-electron chi connectivity index (χ2n) is 4.93. The van der Waals surface area contributed by atoms with Crippen LogP contribution in [0.5, 0.6) is 5.75 Å². The van der Waals surface area contributed by atoms with Gasteiger partial charge in [-0.15, -0.1) is 0 Å². The van der Waals surface area contributed by atoms with Gasteiger partial charge in [0, 0.05) is 19.8 Å². The summed E-state index contributed by atoms with van der Waals surface area (Å²) in [5.41, 5.74) is 1.58. The molecule has 0 aliphatic rings. The number of carbonyl (C=O) groups is 1. The van der Waals surface area contributed by atoms with E-state index in [1.165, 1.54) is 0 Å². The van der Waals surface area contributed by atoms with Gasteiger partial charge >= 0.3 is 0 Å². The lowest BCUT2D eigenvalue weighted by Crippen LogP contribution is -2.22. The molecule has 112 valence electrons. The molecule has 0 fully saturated rings. The van der Waals surface area contributed by atoms with Crippen LogP contribution in [0, 0.1) is 0 Å². The van der Waals surface area contributed by atoms with E-state index < -0.39 is 0 Å². The Kier molecular flexibility index (Phi) is 5.37. The molecule has 1 amide bonds. The van der Waals surface area contributed by atoms with Crippen LogP contribution in [0.15, 0.2) is 36.7 Å². The summed E-state index contributed by atoms with van der Waals surface area (Å²) >= 11 is 0. The minimum absolute atomic E-state index is 0.125. The van der Waals surface area contributed by atoms with Gasteiger partial charge in [0.15, 0.2) is 0 Å². The van der Waals surface area contributed by atoms with E-state index in [0.717, 1.165) is 30.8 Å². The molecule has 1 aromatic heterocycles. The fourth-order valence-electron chi connectivity index (χ4n) is 1.90. The number of nitrogens with one attached hydrogen (secondary N) is 1. The molecule has 5 heteroatoms. The minimum Gasteiger partial charge on any atom is -0.494 e. The zero-order valence-electron chi connectivity index (χ0n) is 12.5. The van der Waals surface area contributed by atoms with E-state index in [2.05, 4.69) is 17.3 Å². The number of carbonyl (C=O) groups excluding carboxylic acids is 1. The largest absolute Gasteiger partial charge is 0.494 e. The molecule has 0 atom stereocenters. The highest BCUT2D eigenvalue weighted by Crippen LogP contribution is 2.14. The molecule has 21 heavy (non-hydrogen) atoms. The third-order valence-electron chi connectivity index (χ3n) is 3.09.